The topological polar surface area (TPSA) is 4.93 Å². The van der Waals surface area contributed by atoms with Gasteiger partial charge in [0.2, 0.25) is 0 Å². The largest absolute Gasteiger partial charge is 0.442 e. The van der Waals surface area contributed by atoms with E-state index in [2.05, 4.69) is 0 Å². The van der Waals surface area contributed by atoms with Gasteiger partial charge in [-0.15, -0.1) is 0 Å². The molecule has 2 rings (SSSR count). The molecule has 0 N–H and O–H groups in total. The van der Waals surface area contributed by atoms with Crippen molar-refractivity contribution >= 4 is 20.9 Å². The van der Waals surface area contributed by atoms with Gasteiger partial charge in [-0.2, -0.15) is 0 Å². The lowest BCUT2D eigenvalue weighted by atomic mass is 10.3. The number of hydrogen-bond acceptors (Lipinski definition) is 0. The molecule has 0 spiro atoms. The molecule has 1 nitrogen and oxygen atoms in total. The van der Waals surface area contributed by atoms with Gasteiger partial charge in [0.1, 0.15) is 0 Å². The Bertz CT molecular complexity index is 369. The normalized spacial score (nSPS) is 10.6. The minimum Gasteiger partial charge on any atom is -0.346 e. The van der Waals surface area contributed by atoms with Crippen LogP contribution in [0.15, 0.2) is 36.5 Å². The predicted molar refractivity (Wildman–Crippen MR) is 44.2 cm³/mol. The molecule has 1 heterocycles. The third kappa shape index (κ3) is 0.972. The Morgan fingerprint density at radius 1 is 1.18 bits per heavy atom. The predicted octanol–water partition coefficient (Wildman–Crippen LogP) is 1.99. The van der Waals surface area contributed by atoms with Gasteiger partial charge in [0.25, 0.3) is 0 Å². The Labute approximate surface area is 66.5 Å². The second-order valence-electron chi connectivity index (χ2n) is 2.33. The van der Waals surface area contributed by atoms with E-state index in [9.17, 15) is 4.11 Å². The second kappa shape index (κ2) is 2.51. The van der Waals surface area contributed by atoms with Crippen LogP contribution >= 0.6 is 0 Å². The highest BCUT2D eigenvalue weighted by Crippen LogP contribution is 2.13. The zero-order chi connectivity index (χ0) is 7.68. The standard InChI is InChI=1S/C8H6FNSi/c9-11-10-6-5-7-3-1-2-4-8(7)10/h1-6H. The average Bonchev–Trinajstić information content (AvgIpc) is 2.47. The number of aromatic nitrogens is 1. The van der Waals surface area contributed by atoms with Crippen molar-refractivity contribution in [3.05, 3.63) is 36.5 Å². The molecule has 0 unspecified atom stereocenters. The Balaban J connectivity index is 2.76. The van der Waals surface area contributed by atoms with Gasteiger partial charge in [-0.25, -0.2) is 0 Å². The van der Waals surface area contributed by atoms with Crippen LogP contribution in [0.2, 0.25) is 0 Å². The number of hydrogen-bond donors (Lipinski definition) is 0. The van der Waals surface area contributed by atoms with Crippen LogP contribution in [-0.4, -0.2) is 14.2 Å². The summed E-state index contributed by atoms with van der Waals surface area (Å²) in [5, 5.41) is 1.10. The molecule has 0 saturated heterocycles. The van der Waals surface area contributed by atoms with Crippen LogP contribution in [0.25, 0.3) is 10.9 Å². The van der Waals surface area contributed by atoms with Gasteiger partial charge in [0, 0.05) is 5.52 Å². The first kappa shape index (κ1) is 6.61. The smallest absolute Gasteiger partial charge is 0.346 e. The fourth-order valence-electron chi connectivity index (χ4n) is 1.16. The van der Waals surface area contributed by atoms with Crippen LogP contribution in [0.3, 0.4) is 0 Å². The minimum absolute atomic E-state index is 0.675. The first-order chi connectivity index (χ1) is 5.42. The van der Waals surface area contributed by atoms with Crippen molar-refractivity contribution < 1.29 is 4.11 Å². The molecule has 0 atom stereocenters. The number of benzene rings is 1. The van der Waals surface area contributed by atoms with Crippen LogP contribution in [0.5, 0.6) is 0 Å². The van der Waals surface area contributed by atoms with Crippen molar-refractivity contribution in [3.63, 3.8) is 0 Å². The fraction of sp³-hybridized carbons (Fsp3) is 0. The molecular formula is C8H6FNSi. The number of halogens is 1. The van der Waals surface area contributed by atoms with E-state index < -0.39 is 10.0 Å². The number of rotatable bonds is 1. The van der Waals surface area contributed by atoms with Crippen LogP contribution in [0, 0.1) is 0 Å². The maximum absolute atomic E-state index is 12.3. The Morgan fingerprint density at radius 2 is 2.00 bits per heavy atom. The van der Waals surface area contributed by atoms with Gasteiger partial charge in [0.05, 0.1) is 0 Å². The molecule has 0 aliphatic carbocycles. The summed E-state index contributed by atoms with van der Waals surface area (Å²) in [6.07, 6.45) is 1.77. The van der Waals surface area contributed by atoms with Gasteiger partial charge in [-0.3, -0.25) is 4.11 Å². The molecule has 1 aromatic heterocycles. The Kier molecular flexibility index (Phi) is 1.51. The van der Waals surface area contributed by atoms with Crippen molar-refractivity contribution in [2.24, 2.45) is 0 Å². The first-order valence-corrected chi connectivity index (χ1v) is 4.17. The van der Waals surface area contributed by atoms with Crippen LogP contribution in [0.4, 0.5) is 4.11 Å². The first-order valence-electron chi connectivity index (χ1n) is 3.34. The summed E-state index contributed by atoms with van der Waals surface area (Å²) in [5.74, 6) is 0. The van der Waals surface area contributed by atoms with Crippen LogP contribution in [-0.2, 0) is 0 Å². The van der Waals surface area contributed by atoms with Gasteiger partial charge in [-0.05, 0) is 23.7 Å². The maximum Gasteiger partial charge on any atom is 0.442 e. The minimum atomic E-state index is -0.675. The van der Waals surface area contributed by atoms with Crippen molar-refractivity contribution in [1.82, 2.24) is 4.23 Å². The molecule has 2 aromatic rings. The van der Waals surface area contributed by atoms with Crippen molar-refractivity contribution in [3.8, 4) is 0 Å². The quantitative estimate of drug-likeness (QED) is 0.447. The summed E-state index contributed by atoms with van der Waals surface area (Å²) >= 11 is 0. The summed E-state index contributed by atoms with van der Waals surface area (Å²) in [5.41, 5.74) is 0.966. The summed E-state index contributed by atoms with van der Waals surface area (Å²) < 4.78 is 13.9. The van der Waals surface area contributed by atoms with E-state index in [0.717, 1.165) is 10.9 Å². The third-order valence-corrected chi connectivity index (χ3v) is 2.26. The van der Waals surface area contributed by atoms with E-state index in [-0.39, 0.29) is 0 Å². The molecule has 0 aliphatic rings. The fourth-order valence-corrected chi connectivity index (χ4v) is 1.58. The van der Waals surface area contributed by atoms with Gasteiger partial charge in [-0.1, -0.05) is 18.2 Å². The van der Waals surface area contributed by atoms with E-state index >= 15 is 0 Å². The lowest BCUT2D eigenvalue weighted by Crippen LogP contribution is -1.96. The summed E-state index contributed by atoms with van der Waals surface area (Å²) in [4.78, 5) is 0. The van der Waals surface area contributed by atoms with E-state index in [1.807, 2.05) is 30.3 Å². The third-order valence-electron chi connectivity index (χ3n) is 1.69. The molecule has 0 amide bonds. The van der Waals surface area contributed by atoms with Gasteiger partial charge in [0.15, 0.2) is 0 Å². The second-order valence-corrected chi connectivity index (χ2v) is 2.98. The highest BCUT2D eigenvalue weighted by atomic mass is 28.3. The average molecular weight is 163 g/mol. The zero-order valence-corrected chi connectivity index (χ0v) is 6.79. The molecule has 0 saturated carbocycles. The molecule has 0 aliphatic heterocycles. The van der Waals surface area contributed by atoms with Crippen LogP contribution in [0.1, 0.15) is 0 Å². The summed E-state index contributed by atoms with van der Waals surface area (Å²) in [6, 6.07) is 9.68. The zero-order valence-electron chi connectivity index (χ0n) is 5.79. The van der Waals surface area contributed by atoms with E-state index in [1.165, 1.54) is 0 Å². The lowest BCUT2D eigenvalue weighted by molar-refractivity contribution is 0.841. The van der Waals surface area contributed by atoms with E-state index in [0.29, 0.717) is 0 Å². The molecule has 2 radical (unpaired) electrons. The van der Waals surface area contributed by atoms with Crippen molar-refractivity contribution in [2.45, 2.75) is 0 Å². The maximum atomic E-state index is 12.3. The van der Waals surface area contributed by atoms with Crippen molar-refractivity contribution in [2.75, 3.05) is 0 Å². The molecule has 3 heteroatoms. The van der Waals surface area contributed by atoms with E-state index in [1.54, 1.807) is 10.4 Å². The van der Waals surface area contributed by atoms with Crippen LogP contribution < -0.4 is 0 Å². The highest BCUT2D eigenvalue weighted by Gasteiger charge is 1.98. The number of nitrogens with zero attached hydrogens (tertiary/aromatic N) is 1. The van der Waals surface area contributed by atoms with Gasteiger partial charge >= 0.3 is 10.0 Å². The van der Waals surface area contributed by atoms with Crippen molar-refractivity contribution in [1.29, 1.82) is 0 Å². The molecule has 54 valence electrons. The Hall–Kier alpha value is -1.09. The summed E-state index contributed by atoms with van der Waals surface area (Å²) in [7, 11) is -0.675. The SMILES string of the molecule is F[Si]n1ccc2ccccc21. The Morgan fingerprint density at radius 3 is 2.82 bits per heavy atom. The highest BCUT2D eigenvalue weighted by molar-refractivity contribution is 6.26. The van der Waals surface area contributed by atoms with Gasteiger partial charge < -0.3 is 4.23 Å². The molecule has 0 bridgehead atoms. The monoisotopic (exact) mass is 163 g/mol. The molecule has 11 heavy (non-hydrogen) atoms. The molecular weight excluding hydrogens is 157 g/mol. The summed E-state index contributed by atoms with van der Waals surface area (Å²) in [6.45, 7) is 0. The number of fused-ring (bicyclic) bond motifs is 1. The van der Waals surface area contributed by atoms with E-state index in [4.69, 9.17) is 0 Å². The number of para-hydroxylation sites is 1. The molecule has 0 fully saturated rings. The molecule has 1 aromatic carbocycles. The lowest BCUT2D eigenvalue weighted by Gasteiger charge is -1.93.